The molecule has 0 fully saturated rings. The van der Waals surface area contributed by atoms with Crippen LogP contribution >= 0.6 is 0 Å². The fraction of sp³-hybridized carbons (Fsp3) is 0.500. The van der Waals surface area contributed by atoms with Gasteiger partial charge in [0.1, 0.15) is 11.6 Å². The molecule has 3 nitrogen and oxygen atoms in total. The average Bonchev–Trinajstić information content (AvgIpc) is 2.39. The molecule has 0 aliphatic heterocycles. The highest BCUT2D eigenvalue weighted by Gasteiger charge is 2.24. The summed E-state index contributed by atoms with van der Waals surface area (Å²) < 4.78 is 26.8. The second-order valence-electron chi connectivity index (χ2n) is 4.77. The van der Waals surface area contributed by atoms with Crippen LogP contribution in [0, 0.1) is 17.6 Å². The molecule has 1 rings (SSSR count). The van der Waals surface area contributed by atoms with Crippen molar-refractivity contribution in [1.82, 2.24) is 4.90 Å². The van der Waals surface area contributed by atoms with E-state index in [1.165, 1.54) is 4.90 Å². The van der Waals surface area contributed by atoms with E-state index in [4.69, 9.17) is 5.73 Å². The first-order valence-electron chi connectivity index (χ1n) is 6.30. The molecule has 19 heavy (non-hydrogen) atoms. The molecular formula is C14H20F2N2O. The Morgan fingerprint density at radius 1 is 1.37 bits per heavy atom. The Morgan fingerprint density at radius 3 is 2.58 bits per heavy atom. The molecule has 1 aromatic rings. The first kappa shape index (κ1) is 15.6. The van der Waals surface area contributed by atoms with Crippen molar-refractivity contribution in [2.24, 2.45) is 11.7 Å². The number of carbonyl (C=O) groups is 1. The van der Waals surface area contributed by atoms with Crippen molar-refractivity contribution in [3.8, 4) is 0 Å². The lowest BCUT2D eigenvalue weighted by atomic mass is 10.0. The van der Waals surface area contributed by atoms with Gasteiger partial charge < -0.3 is 10.6 Å². The van der Waals surface area contributed by atoms with Crippen LogP contribution < -0.4 is 5.73 Å². The van der Waals surface area contributed by atoms with Gasteiger partial charge in [-0.25, -0.2) is 8.78 Å². The minimum Gasteiger partial charge on any atom is -0.339 e. The van der Waals surface area contributed by atoms with Gasteiger partial charge in [-0.2, -0.15) is 0 Å². The lowest BCUT2D eigenvalue weighted by molar-refractivity contribution is -0.135. The van der Waals surface area contributed by atoms with Crippen LogP contribution in [0.4, 0.5) is 8.78 Å². The van der Waals surface area contributed by atoms with Crippen molar-refractivity contribution in [2.75, 3.05) is 13.6 Å². The molecule has 0 heterocycles. The van der Waals surface area contributed by atoms with Gasteiger partial charge in [-0.05, 0) is 38.1 Å². The van der Waals surface area contributed by atoms with E-state index in [1.54, 1.807) is 20.9 Å². The van der Waals surface area contributed by atoms with Gasteiger partial charge >= 0.3 is 0 Å². The number of halogens is 2. The second-order valence-corrected chi connectivity index (χ2v) is 4.77. The minimum atomic E-state index is -0.525. The van der Waals surface area contributed by atoms with E-state index in [-0.39, 0.29) is 17.4 Å². The first-order valence-corrected chi connectivity index (χ1v) is 6.30. The minimum absolute atomic E-state index is 0.124. The zero-order chi connectivity index (χ0) is 14.6. The Kier molecular flexibility index (Phi) is 5.42. The van der Waals surface area contributed by atoms with E-state index >= 15 is 0 Å². The van der Waals surface area contributed by atoms with E-state index in [0.717, 1.165) is 18.2 Å². The molecule has 2 atom stereocenters. The molecular weight excluding hydrogens is 250 g/mol. The maximum Gasteiger partial charge on any atom is 0.225 e. The third kappa shape index (κ3) is 3.73. The molecule has 106 valence electrons. The van der Waals surface area contributed by atoms with E-state index in [1.807, 2.05) is 0 Å². The zero-order valence-corrected chi connectivity index (χ0v) is 11.5. The Bertz CT molecular complexity index is 451. The lowest BCUT2D eigenvalue weighted by Gasteiger charge is -2.28. The van der Waals surface area contributed by atoms with E-state index in [0.29, 0.717) is 13.0 Å². The summed E-state index contributed by atoms with van der Waals surface area (Å²) >= 11 is 0. The van der Waals surface area contributed by atoms with Gasteiger partial charge in [0.25, 0.3) is 0 Å². The molecule has 1 amide bonds. The molecule has 2 N–H and O–H groups in total. The smallest absolute Gasteiger partial charge is 0.225 e. The summed E-state index contributed by atoms with van der Waals surface area (Å²) in [6, 6.07) is 2.73. The highest BCUT2D eigenvalue weighted by atomic mass is 19.1. The monoisotopic (exact) mass is 270 g/mol. The molecule has 2 unspecified atom stereocenters. The Balaban J connectivity index is 2.90. The molecule has 0 radical (unpaired) electrons. The van der Waals surface area contributed by atoms with Crippen LogP contribution in [0.1, 0.15) is 31.9 Å². The molecule has 0 aliphatic rings. The third-order valence-corrected chi connectivity index (χ3v) is 3.36. The average molecular weight is 270 g/mol. The van der Waals surface area contributed by atoms with E-state index in [9.17, 15) is 13.6 Å². The largest absolute Gasteiger partial charge is 0.339 e. The van der Waals surface area contributed by atoms with Crippen LogP contribution in [0.3, 0.4) is 0 Å². The third-order valence-electron chi connectivity index (χ3n) is 3.36. The molecule has 5 heteroatoms. The number of nitrogens with two attached hydrogens (primary N) is 1. The maximum atomic E-state index is 13.7. The van der Waals surface area contributed by atoms with E-state index < -0.39 is 17.7 Å². The number of rotatable bonds is 5. The van der Waals surface area contributed by atoms with Gasteiger partial charge in [0.15, 0.2) is 0 Å². The number of hydrogen-bond acceptors (Lipinski definition) is 2. The molecule has 0 saturated carbocycles. The van der Waals surface area contributed by atoms with Gasteiger partial charge in [-0.1, -0.05) is 6.92 Å². The summed E-state index contributed by atoms with van der Waals surface area (Å²) in [6.07, 6.45) is 0.571. The predicted molar refractivity (Wildman–Crippen MR) is 70.4 cm³/mol. The molecule has 0 saturated heterocycles. The van der Waals surface area contributed by atoms with Crippen molar-refractivity contribution >= 4 is 5.91 Å². The number of amides is 1. The summed E-state index contributed by atoms with van der Waals surface area (Å²) in [6.45, 7) is 3.87. The SMILES string of the molecule is CC(CCN)C(=O)N(C)C(C)c1cc(F)ccc1F. The van der Waals surface area contributed by atoms with Crippen LogP contribution in [0.2, 0.25) is 0 Å². The number of benzene rings is 1. The van der Waals surface area contributed by atoms with Crippen molar-refractivity contribution in [2.45, 2.75) is 26.3 Å². The van der Waals surface area contributed by atoms with Gasteiger partial charge in [-0.15, -0.1) is 0 Å². The quantitative estimate of drug-likeness (QED) is 0.893. The summed E-state index contributed by atoms with van der Waals surface area (Å²) in [7, 11) is 1.59. The van der Waals surface area contributed by atoms with Crippen molar-refractivity contribution in [3.63, 3.8) is 0 Å². The highest BCUT2D eigenvalue weighted by Crippen LogP contribution is 2.24. The van der Waals surface area contributed by atoms with Crippen LogP contribution in [-0.4, -0.2) is 24.4 Å². The van der Waals surface area contributed by atoms with Crippen molar-refractivity contribution in [1.29, 1.82) is 0 Å². The summed E-state index contributed by atoms with van der Waals surface area (Å²) in [5.74, 6) is -1.38. The molecule has 1 aromatic carbocycles. The van der Waals surface area contributed by atoms with Crippen molar-refractivity contribution < 1.29 is 13.6 Å². The fourth-order valence-electron chi connectivity index (χ4n) is 1.96. The molecule has 0 aromatic heterocycles. The number of nitrogens with zero attached hydrogens (tertiary/aromatic N) is 1. The summed E-state index contributed by atoms with van der Waals surface area (Å²) in [5, 5.41) is 0. The van der Waals surface area contributed by atoms with Crippen LogP contribution in [0.15, 0.2) is 18.2 Å². The van der Waals surface area contributed by atoms with Gasteiger partial charge in [0.2, 0.25) is 5.91 Å². The molecule has 0 aliphatic carbocycles. The Morgan fingerprint density at radius 2 is 2.00 bits per heavy atom. The summed E-state index contributed by atoms with van der Waals surface area (Å²) in [4.78, 5) is 13.5. The lowest BCUT2D eigenvalue weighted by Crippen LogP contribution is -2.35. The van der Waals surface area contributed by atoms with Crippen LogP contribution in [0.5, 0.6) is 0 Å². The zero-order valence-electron chi connectivity index (χ0n) is 11.5. The van der Waals surface area contributed by atoms with Crippen LogP contribution in [-0.2, 0) is 4.79 Å². The molecule has 0 bridgehead atoms. The van der Waals surface area contributed by atoms with Gasteiger partial charge in [-0.3, -0.25) is 4.79 Å². The van der Waals surface area contributed by atoms with Crippen LogP contribution in [0.25, 0.3) is 0 Å². The topological polar surface area (TPSA) is 46.3 Å². The Labute approximate surface area is 112 Å². The fourth-order valence-corrected chi connectivity index (χ4v) is 1.96. The van der Waals surface area contributed by atoms with Gasteiger partial charge in [0, 0.05) is 18.5 Å². The number of carbonyl (C=O) groups excluding carboxylic acids is 1. The second kappa shape index (κ2) is 6.61. The Hall–Kier alpha value is -1.49. The molecule has 0 spiro atoms. The van der Waals surface area contributed by atoms with E-state index in [2.05, 4.69) is 0 Å². The normalized spacial score (nSPS) is 14.0. The standard InChI is InChI=1S/C14H20F2N2O/c1-9(6-7-17)14(19)18(3)10(2)12-8-11(15)4-5-13(12)16/h4-5,8-10H,6-7,17H2,1-3H3. The predicted octanol–water partition coefficient (Wildman–Crippen LogP) is 2.47. The van der Waals surface area contributed by atoms with Gasteiger partial charge in [0.05, 0.1) is 6.04 Å². The number of hydrogen-bond donors (Lipinski definition) is 1. The maximum absolute atomic E-state index is 13.7. The highest BCUT2D eigenvalue weighted by molar-refractivity contribution is 5.78. The van der Waals surface area contributed by atoms with Crippen molar-refractivity contribution in [3.05, 3.63) is 35.4 Å². The summed E-state index contributed by atoms with van der Waals surface area (Å²) in [5.41, 5.74) is 5.59. The first-order chi connectivity index (χ1) is 8.88.